The van der Waals surface area contributed by atoms with E-state index in [0.717, 1.165) is 6.42 Å². The third-order valence-electron chi connectivity index (χ3n) is 2.60. The highest BCUT2D eigenvalue weighted by atomic mass is 16.1. The number of nitrogens with one attached hydrogen (secondary N) is 3. The van der Waals surface area contributed by atoms with E-state index in [1.54, 1.807) is 0 Å². The van der Waals surface area contributed by atoms with Crippen LogP contribution in [0, 0.1) is 0 Å². The second-order valence-electron chi connectivity index (χ2n) is 3.82. The molecule has 6 heteroatoms. The van der Waals surface area contributed by atoms with Gasteiger partial charge in [0.05, 0.1) is 12.4 Å². The molecule has 0 fully saturated rings. The maximum absolute atomic E-state index is 11.7. The highest BCUT2D eigenvalue weighted by Crippen LogP contribution is 2.09. The predicted octanol–water partition coefficient (Wildman–Crippen LogP) is 0.943. The fraction of sp³-hybridized carbons (Fsp3) is 0.182. The molecule has 2 heterocycles. The first-order chi connectivity index (χ1) is 8.33. The van der Waals surface area contributed by atoms with Crippen molar-refractivity contribution in [1.29, 1.82) is 0 Å². The predicted molar refractivity (Wildman–Crippen MR) is 64.8 cm³/mol. The van der Waals surface area contributed by atoms with Crippen molar-refractivity contribution in [3.05, 3.63) is 41.0 Å². The summed E-state index contributed by atoms with van der Waals surface area (Å²) in [5, 5.41) is 3.14. The summed E-state index contributed by atoms with van der Waals surface area (Å²) >= 11 is 0. The van der Waals surface area contributed by atoms with Gasteiger partial charge in [0.25, 0.3) is 5.56 Å². The van der Waals surface area contributed by atoms with Crippen molar-refractivity contribution in [3.8, 4) is 0 Å². The number of aromatic amines is 2. The number of rotatable bonds is 2. The van der Waals surface area contributed by atoms with E-state index in [4.69, 9.17) is 0 Å². The molecule has 1 unspecified atom stereocenters. The number of hydrogen-bond acceptors (Lipinski definition) is 4. The number of aromatic nitrogens is 4. The normalized spacial score (nSPS) is 18.7. The summed E-state index contributed by atoms with van der Waals surface area (Å²) in [7, 11) is 0. The summed E-state index contributed by atoms with van der Waals surface area (Å²) in [6.07, 6.45) is 10.4. The molecule has 3 rings (SSSR count). The summed E-state index contributed by atoms with van der Waals surface area (Å²) in [5.41, 5.74) is 0.603. The molecule has 17 heavy (non-hydrogen) atoms. The van der Waals surface area contributed by atoms with Crippen molar-refractivity contribution in [2.45, 2.75) is 12.5 Å². The second-order valence-corrected chi connectivity index (χ2v) is 3.82. The number of nitrogens with zero attached hydrogens (tertiary/aromatic N) is 2. The van der Waals surface area contributed by atoms with Crippen LogP contribution in [0.15, 0.2) is 35.4 Å². The molecule has 2 aromatic rings. The molecule has 0 aliphatic heterocycles. The summed E-state index contributed by atoms with van der Waals surface area (Å²) < 4.78 is 0. The minimum absolute atomic E-state index is 0.152. The van der Waals surface area contributed by atoms with E-state index in [2.05, 4.69) is 31.3 Å². The van der Waals surface area contributed by atoms with E-state index in [1.807, 2.05) is 18.2 Å². The fourth-order valence-corrected chi connectivity index (χ4v) is 1.77. The van der Waals surface area contributed by atoms with Crippen molar-refractivity contribution in [3.63, 3.8) is 0 Å². The Morgan fingerprint density at radius 2 is 2.35 bits per heavy atom. The van der Waals surface area contributed by atoms with Crippen molar-refractivity contribution in [1.82, 2.24) is 19.9 Å². The Balaban J connectivity index is 1.92. The molecular formula is C11H11N5O. The van der Waals surface area contributed by atoms with Crippen molar-refractivity contribution in [2.24, 2.45) is 0 Å². The van der Waals surface area contributed by atoms with Gasteiger partial charge >= 0.3 is 0 Å². The molecule has 0 bridgehead atoms. The standard InChI is InChI=1S/C11H11N5O/c17-10-8-9(13-6-12-8)15-11(16-10)14-7-4-2-1-3-5-7/h1-4,6-7H,5H2,(H3,12,13,14,15,16,17). The molecule has 86 valence electrons. The number of anilines is 1. The highest BCUT2D eigenvalue weighted by Gasteiger charge is 2.09. The molecule has 0 radical (unpaired) electrons. The van der Waals surface area contributed by atoms with Crippen molar-refractivity contribution < 1.29 is 0 Å². The second kappa shape index (κ2) is 3.89. The number of imidazole rings is 1. The molecule has 1 atom stereocenters. The third-order valence-corrected chi connectivity index (χ3v) is 2.60. The third kappa shape index (κ3) is 1.84. The van der Waals surface area contributed by atoms with E-state index in [9.17, 15) is 4.79 Å². The van der Waals surface area contributed by atoms with Gasteiger partial charge in [-0.3, -0.25) is 9.78 Å². The number of allylic oxidation sites excluding steroid dienone is 2. The van der Waals surface area contributed by atoms with E-state index in [1.165, 1.54) is 6.33 Å². The van der Waals surface area contributed by atoms with E-state index < -0.39 is 0 Å². The van der Waals surface area contributed by atoms with E-state index in [0.29, 0.717) is 17.1 Å². The number of H-pyrrole nitrogens is 2. The molecule has 1 aliphatic rings. The van der Waals surface area contributed by atoms with Crippen LogP contribution in [-0.4, -0.2) is 26.0 Å². The maximum atomic E-state index is 11.7. The SMILES string of the molecule is O=c1[nH]c(NC2C=CC=CC2)nc2nc[nH]c12. The van der Waals surface area contributed by atoms with Gasteiger partial charge in [-0.2, -0.15) is 4.98 Å². The highest BCUT2D eigenvalue weighted by molar-refractivity contribution is 5.69. The van der Waals surface area contributed by atoms with Crippen molar-refractivity contribution in [2.75, 3.05) is 5.32 Å². The molecule has 0 amide bonds. The molecule has 3 N–H and O–H groups in total. The summed E-state index contributed by atoms with van der Waals surface area (Å²) in [6.45, 7) is 0. The average molecular weight is 229 g/mol. The number of hydrogen-bond donors (Lipinski definition) is 3. The zero-order valence-corrected chi connectivity index (χ0v) is 8.97. The van der Waals surface area contributed by atoms with Gasteiger partial charge in [0.1, 0.15) is 0 Å². The Kier molecular flexibility index (Phi) is 2.25. The monoisotopic (exact) mass is 229 g/mol. The maximum Gasteiger partial charge on any atom is 0.278 e. The van der Waals surface area contributed by atoms with Crippen LogP contribution < -0.4 is 10.9 Å². The lowest BCUT2D eigenvalue weighted by molar-refractivity contribution is 0.862. The Morgan fingerprint density at radius 3 is 3.18 bits per heavy atom. The Bertz CT molecular complexity index is 651. The Morgan fingerprint density at radius 1 is 1.41 bits per heavy atom. The van der Waals surface area contributed by atoms with Gasteiger partial charge in [0, 0.05) is 0 Å². The van der Waals surface area contributed by atoms with Crippen LogP contribution in [0.1, 0.15) is 6.42 Å². The molecule has 6 nitrogen and oxygen atoms in total. The Labute approximate surface area is 96.5 Å². The van der Waals surface area contributed by atoms with E-state index >= 15 is 0 Å². The molecule has 0 spiro atoms. The Hall–Kier alpha value is -2.37. The van der Waals surface area contributed by atoms with Crippen LogP contribution in [0.4, 0.5) is 5.95 Å². The summed E-state index contributed by atoms with van der Waals surface area (Å²) in [5.74, 6) is 0.444. The first kappa shape index (κ1) is 9.83. The summed E-state index contributed by atoms with van der Waals surface area (Å²) in [6, 6.07) is 0.152. The lowest BCUT2D eigenvalue weighted by Crippen LogP contribution is -2.21. The zero-order valence-electron chi connectivity index (χ0n) is 8.97. The van der Waals surface area contributed by atoms with Crippen molar-refractivity contribution >= 4 is 17.1 Å². The van der Waals surface area contributed by atoms with E-state index in [-0.39, 0.29) is 11.6 Å². The van der Waals surface area contributed by atoms with Crippen LogP contribution >= 0.6 is 0 Å². The fourth-order valence-electron chi connectivity index (χ4n) is 1.77. The van der Waals surface area contributed by atoms with Gasteiger partial charge in [0.2, 0.25) is 5.95 Å². The minimum atomic E-state index is -0.217. The van der Waals surface area contributed by atoms with Crippen LogP contribution in [0.2, 0.25) is 0 Å². The average Bonchev–Trinajstić information content (AvgIpc) is 2.79. The lowest BCUT2D eigenvalue weighted by Gasteiger charge is -2.14. The first-order valence-electron chi connectivity index (χ1n) is 5.36. The molecular weight excluding hydrogens is 218 g/mol. The van der Waals surface area contributed by atoms with Gasteiger partial charge in [0.15, 0.2) is 11.2 Å². The molecule has 0 saturated heterocycles. The lowest BCUT2D eigenvalue weighted by atomic mass is 10.1. The topological polar surface area (TPSA) is 86.5 Å². The minimum Gasteiger partial charge on any atom is -0.349 e. The smallest absolute Gasteiger partial charge is 0.278 e. The van der Waals surface area contributed by atoms with Crippen LogP contribution in [0.3, 0.4) is 0 Å². The van der Waals surface area contributed by atoms with Gasteiger partial charge in [-0.1, -0.05) is 24.3 Å². The quantitative estimate of drug-likeness (QED) is 0.715. The molecule has 2 aromatic heterocycles. The number of fused-ring (bicyclic) bond motifs is 1. The van der Waals surface area contributed by atoms with Gasteiger partial charge in [-0.05, 0) is 6.42 Å². The molecule has 1 aliphatic carbocycles. The van der Waals surface area contributed by atoms with Crippen LogP contribution in [0.25, 0.3) is 11.2 Å². The molecule has 0 saturated carbocycles. The van der Waals surface area contributed by atoms with Gasteiger partial charge < -0.3 is 10.3 Å². The van der Waals surface area contributed by atoms with Crippen LogP contribution in [0.5, 0.6) is 0 Å². The zero-order chi connectivity index (χ0) is 11.7. The summed E-state index contributed by atoms with van der Waals surface area (Å²) in [4.78, 5) is 25.3. The first-order valence-corrected chi connectivity index (χ1v) is 5.36. The van der Waals surface area contributed by atoms with Gasteiger partial charge in [-0.15, -0.1) is 0 Å². The largest absolute Gasteiger partial charge is 0.349 e. The van der Waals surface area contributed by atoms with Gasteiger partial charge in [-0.25, -0.2) is 4.98 Å². The van der Waals surface area contributed by atoms with Crippen LogP contribution in [-0.2, 0) is 0 Å². The molecule has 0 aromatic carbocycles.